The number of aromatic amines is 1. The molecule has 3 aromatic rings. The molecule has 0 radical (unpaired) electrons. The number of alkyl halides is 1. The van der Waals surface area contributed by atoms with Gasteiger partial charge in [-0.05, 0) is 24.6 Å². The van der Waals surface area contributed by atoms with Crippen LogP contribution in [-0.2, 0) is 4.74 Å². The number of para-hydroxylation sites is 1. The molecular formula is C25H26ClFN4O4. The first-order chi connectivity index (χ1) is 17.1. The summed E-state index contributed by atoms with van der Waals surface area (Å²) >= 11 is 6.34. The van der Waals surface area contributed by atoms with Crippen molar-refractivity contribution in [2.75, 3.05) is 38.9 Å². The molecule has 2 aliphatic rings. The number of H-pyrrole nitrogens is 1. The third kappa shape index (κ3) is 4.53. The summed E-state index contributed by atoms with van der Waals surface area (Å²) < 4.78 is 30.4. The molecule has 1 amide bonds. The first-order valence-electron chi connectivity index (χ1n) is 11.5. The predicted molar refractivity (Wildman–Crippen MR) is 131 cm³/mol. The van der Waals surface area contributed by atoms with Crippen molar-refractivity contribution >= 4 is 28.9 Å². The lowest BCUT2D eigenvalue weighted by Gasteiger charge is -2.26. The van der Waals surface area contributed by atoms with Crippen LogP contribution in [0.15, 0.2) is 36.7 Å². The van der Waals surface area contributed by atoms with E-state index < -0.39 is 6.67 Å². The molecule has 2 aromatic heterocycles. The Labute approximate surface area is 207 Å². The van der Waals surface area contributed by atoms with Gasteiger partial charge in [-0.15, -0.1) is 0 Å². The first kappa shape index (κ1) is 23.4. The first-order valence-corrected chi connectivity index (χ1v) is 11.9. The van der Waals surface area contributed by atoms with E-state index in [9.17, 15) is 9.18 Å². The average Bonchev–Trinajstić information content (AvgIpc) is 3.20. The Hall–Kier alpha value is -3.30. The summed E-state index contributed by atoms with van der Waals surface area (Å²) in [5.74, 6) is 0.545. The topological polar surface area (TPSA) is 97.5 Å². The van der Waals surface area contributed by atoms with Crippen LogP contribution in [0.1, 0.15) is 34.8 Å². The van der Waals surface area contributed by atoms with Gasteiger partial charge in [-0.2, -0.15) is 0 Å². The maximum atomic E-state index is 13.4. The van der Waals surface area contributed by atoms with E-state index in [1.807, 2.05) is 12.1 Å². The second kappa shape index (κ2) is 10.1. The van der Waals surface area contributed by atoms with Gasteiger partial charge in [-0.3, -0.25) is 14.2 Å². The number of ether oxygens (including phenoxy) is 3. The molecule has 8 nitrogen and oxygen atoms in total. The van der Waals surface area contributed by atoms with Crippen molar-refractivity contribution in [3.05, 3.63) is 52.9 Å². The van der Waals surface area contributed by atoms with Gasteiger partial charge in [0.25, 0.3) is 5.91 Å². The van der Waals surface area contributed by atoms with E-state index in [-0.39, 0.29) is 24.3 Å². The number of amides is 1. The van der Waals surface area contributed by atoms with E-state index in [4.69, 9.17) is 25.8 Å². The summed E-state index contributed by atoms with van der Waals surface area (Å²) in [5.41, 5.74) is 3.56. The summed E-state index contributed by atoms with van der Waals surface area (Å²) in [7, 11) is 1.53. The van der Waals surface area contributed by atoms with E-state index in [0.29, 0.717) is 63.6 Å². The maximum Gasteiger partial charge on any atom is 0.255 e. The highest BCUT2D eigenvalue weighted by molar-refractivity contribution is 6.32. The van der Waals surface area contributed by atoms with Crippen molar-refractivity contribution in [1.29, 1.82) is 0 Å². The third-order valence-electron chi connectivity index (χ3n) is 6.33. The number of anilines is 2. The fourth-order valence-corrected chi connectivity index (χ4v) is 4.67. The van der Waals surface area contributed by atoms with Gasteiger partial charge in [-0.1, -0.05) is 17.7 Å². The number of fused-ring (bicyclic) bond motifs is 1. The van der Waals surface area contributed by atoms with Gasteiger partial charge in [0.15, 0.2) is 5.75 Å². The molecule has 5 rings (SSSR count). The van der Waals surface area contributed by atoms with Crippen LogP contribution in [0.5, 0.6) is 11.5 Å². The minimum atomic E-state index is -0.496. The van der Waals surface area contributed by atoms with E-state index in [0.717, 1.165) is 13.0 Å². The standard InChI is InChI=1S/C25H26ClFN4O4/c1-33-24-17(26)3-2-4-18(24)30-23-20-21(14(5-8-27)11-29-25(20)32)31-22(23)16-6-9-28-12-19(16)35-13-15-7-10-34-15/h2-4,6,9,12,14-15,30-31H,5,7-8,10-11,13H2,1H3,(H,29,32)/t14-,15-/m1/s1. The summed E-state index contributed by atoms with van der Waals surface area (Å²) in [6.07, 6.45) is 4.57. The molecule has 184 valence electrons. The van der Waals surface area contributed by atoms with Crippen molar-refractivity contribution in [2.24, 2.45) is 0 Å². The number of benzene rings is 1. The fourth-order valence-electron chi connectivity index (χ4n) is 4.42. The second-order valence-electron chi connectivity index (χ2n) is 8.46. The second-order valence-corrected chi connectivity index (χ2v) is 8.87. The normalized spacial score (nSPS) is 18.9. The molecule has 1 fully saturated rings. The van der Waals surface area contributed by atoms with Crippen molar-refractivity contribution in [1.82, 2.24) is 15.3 Å². The largest absolute Gasteiger partial charge is 0.493 e. The number of aromatic nitrogens is 2. The van der Waals surface area contributed by atoms with Crippen LogP contribution in [0.2, 0.25) is 5.02 Å². The molecule has 3 N–H and O–H groups in total. The monoisotopic (exact) mass is 500 g/mol. The lowest BCUT2D eigenvalue weighted by atomic mass is 9.94. The Bertz CT molecular complexity index is 1230. The quantitative estimate of drug-likeness (QED) is 0.389. The number of halogens is 2. The SMILES string of the molecule is COc1c(Cl)cccc1Nc1c(-c2ccncc2OC[C@H]2CCO2)[nH]c2c1C(=O)NC[C@H]2CCF. The Morgan fingerprint density at radius 1 is 1.34 bits per heavy atom. The van der Waals surface area contributed by atoms with E-state index in [1.54, 1.807) is 24.5 Å². The van der Waals surface area contributed by atoms with Crippen LogP contribution < -0.4 is 20.1 Å². The molecule has 35 heavy (non-hydrogen) atoms. The van der Waals surface area contributed by atoms with Crippen molar-refractivity contribution < 1.29 is 23.4 Å². The Morgan fingerprint density at radius 2 is 2.20 bits per heavy atom. The van der Waals surface area contributed by atoms with Gasteiger partial charge >= 0.3 is 0 Å². The molecule has 0 unspecified atom stereocenters. The van der Waals surface area contributed by atoms with Crippen LogP contribution in [-0.4, -0.2) is 55.5 Å². The van der Waals surface area contributed by atoms with E-state index >= 15 is 0 Å². The number of methoxy groups -OCH3 is 1. The van der Waals surface area contributed by atoms with Gasteiger partial charge in [0.2, 0.25) is 0 Å². The van der Waals surface area contributed by atoms with Crippen LogP contribution in [0.25, 0.3) is 11.3 Å². The molecule has 10 heteroatoms. The van der Waals surface area contributed by atoms with Gasteiger partial charge in [0.1, 0.15) is 12.4 Å². The van der Waals surface area contributed by atoms with Crippen LogP contribution in [0.3, 0.4) is 0 Å². The summed E-state index contributed by atoms with van der Waals surface area (Å²) in [6.45, 7) is 0.991. The summed E-state index contributed by atoms with van der Waals surface area (Å²) in [5, 5.41) is 6.67. The Kier molecular flexibility index (Phi) is 6.79. The van der Waals surface area contributed by atoms with Crippen LogP contribution >= 0.6 is 11.6 Å². The minimum Gasteiger partial charge on any atom is -0.493 e. The lowest BCUT2D eigenvalue weighted by molar-refractivity contribution is -0.0720. The van der Waals surface area contributed by atoms with Crippen LogP contribution in [0, 0.1) is 0 Å². The highest BCUT2D eigenvalue weighted by atomic mass is 35.5. The Balaban J connectivity index is 1.63. The predicted octanol–water partition coefficient (Wildman–Crippen LogP) is 4.84. The molecule has 1 saturated heterocycles. The molecule has 4 heterocycles. The third-order valence-corrected chi connectivity index (χ3v) is 6.63. The Morgan fingerprint density at radius 3 is 2.94 bits per heavy atom. The molecule has 0 saturated carbocycles. The van der Waals surface area contributed by atoms with Crippen molar-refractivity contribution in [3.63, 3.8) is 0 Å². The zero-order chi connectivity index (χ0) is 24.4. The lowest BCUT2D eigenvalue weighted by Crippen LogP contribution is -2.35. The number of carbonyl (C=O) groups excluding carboxylic acids is 1. The zero-order valence-corrected chi connectivity index (χ0v) is 20.0. The molecule has 2 atom stereocenters. The van der Waals surface area contributed by atoms with Gasteiger partial charge < -0.3 is 29.8 Å². The van der Waals surface area contributed by atoms with Crippen molar-refractivity contribution in [2.45, 2.75) is 24.9 Å². The molecule has 0 spiro atoms. The van der Waals surface area contributed by atoms with E-state index in [2.05, 4.69) is 20.6 Å². The highest BCUT2D eigenvalue weighted by Crippen LogP contribution is 2.44. The molecule has 0 aliphatic carbocycles. The highest BCUT2D eigenvalue weighted by Gasteiger charge is 2.33. The summed E-state index contributed by atoms with van der Waals surface area (Å²) in [4.78, 5) is 20.7. The number of pyridine rings is 1. The average molecular weight is 501 g/mol. The van der Waals surface area contributed by atoms with E-state index in [1.165, 1.54) is 7.11 Å². The number of nitrogens with zero attached hydrogens (tertiary/aromatic N) is 1. The molecule has 2 aliphatic heterocycles. The van der Waals surface area contributed by atoms with Gasteiger partial charge in [0, 0.05) is 42.9 Å². The maximum absolute atomic E-state index is 13.4. The number of nitrogens with one attached hydrogen (secondary N) is 3. The number of hydrogen-bond donors (Lipinski definition) is 3. The molecule has 0 bridgehead atoms. The number of carbonyl (C=O) groups is 1. The smallest absolute Gasteiger partial charge is 0.255 e. The van der Waals surface area contributed by atoms with Crippen LogP contribution in [0.4, 0.5) is 15.8 Å². The number of hydrogen-bond acceptors (Lipinski definition) is 6. The van der Waals surface area contributed by atoms with Crippen molar-refractivity contribution in [3.8, 4) is 22.8 Å². The minimum absolute atomic E-state index is 0.0490. The zero-order valence-electron chi connectivity index (χ0n) is 19.2. The number of rotatable bonds is 9. The van der Waals surface area contributed by atoms with Gasteiger partial charge in [-0.25, -0.2) is 0 Å². The fraction of sp³-hybridized carbons (Fsp3) is 0.360. The molecule has 1 aromatic carbocycles. The molecular weight excluding hydrogens is 475 g/mol. The van der Waals surface area contributed by atoms with Gasteiger partial charge in [0.05, 0.1) is 53.7 Å². The summed E-state index contributed by atoms with van der Waals surface area (Å²) in [6, 6.07) is 7.14.